The molecule has 0 N–H and O–H groups in total. The van der Waals surface area contributed by atoms with Crippen LogP contribution in [0.5, 0.6) is 0 Å². The molecule has 0 aliphatic carbocycles. The van der Waals surface area contributed by atoms with Crippen LogP contribution in [0.1, 0.15) is 37.0 Å². The van der Waals surface area contributed by atoms with Crippen LogP contribution in [0.3, 0.4) is 0 Å². The van der Waals surface area contributed by atoms with Gasteiger partial charge < -0.3 is 4.90 Å². The van der Waals surface area contributed by atoms with Crippen LogP contribution in [0, 0.1) is 0 Å². The molecule has 2 nitrogen and oxygen atoms in total. The summed E-state index contributed by atoms with van der Waals surface area (Å²) in [6, 6.07) is 8.30. The van der Waals surface area contributed by atoms with Gasteiger partial charge in [-0.1, -0.05) is 13.8 Å². The van der Waals surface area contributed by atoms with E-state index in [-0.39, 0.29) is 0 Å². The summed E-state index contributed by atoms with van der Waals surface area (Å²) in [5.41, 5.74) is 1.91. The predicted octanol–water partition coefficient (Wildman–Crippen LogP) is 3.12. The molecule has 1 rings (SSSR count). The number of nitrogens with zero attached hydrogens (tertiary/aromatic N) is 1. The van der Waals surface area contributed by atoms with Gasteiger partial charge in [-0.15, -0.1) is 0 Å². The summed E-state index contributed by atoms with van der Waals surface area (Å²) in [6.45, 7) is 4.40. The van der Waals surface area contributed by atoms with E-state index in [9.17, 15) is 4.79 Å². The highest BCUT2D eigenvalue weighted by Crippen LogP contribution is 2.18. The first-order chi connectivity index (χ1) is 7.22. The second-order valence-electron chi connectivity index (χ2n) is 3.79. The number of carbonyl (C=O) groups excluding carboxylic acids is 1. The van der Waals surface area contributed by atoms with Gasteiger partial charge in [0.1, 0.15) is 6.29 Å². The van der Waals surface area contributed by atoms with Crippen LogP contribution in [0.2, 0.25) is 0 Å². The zero-order chi connectivity index (χ0) is 11.3. The summed E-state index contributed by atoms with van der Waals surface area (Å²) in [6.07, 6.45) is 3.16. The van der Waals surface area contributed by atoms with Crippen LogP contribution in [0.4, 0.5) is 5.69 Å². The first kappa shape index (κ1) is 11.8. The molecule has 0 radical (unpaired) electrons. The van der Waals surface area contributed by atoms with Crippen LogP contribution in [-0.2, 0) is 0 Å². The van der Waals surface area contributed by atoms with Crippen molar-refractivity contribution in [3.8, 4) is 0 Å². The van der Waals surface area contributed by atoms with E-state index in [1.165, 1.54) is 5.69 Å². The lowest BCUT2D eigenvalue weighted by Crippen LogP contribution is -2.30. The minimum Gasteiger partial charge on any atom is -0.372 e. The largest absolute Gasteiger partial charge is 0.372 e. The van der Waals surface area contributed by atoms with Gasteiger partial charge in [0.05, 0.1) is 0 Å². The van der Waals surface area contributed by atoms with Crippen molar-refractivity contribution in [1.82, 2.24) is 0 Å². The van der Waals surface area contributed by atoms with Gasteiger partial charge in [0.25, 0.3) is 0 Å². The fourth-order valence-electron chi connectivity index (χ4n) is 1.84. The van der Waals surface area contributed by atoms with Crippen LogP contribution in [-0.4, -0.2) is 19.4 Å². The number of carbonyl (C=O) groups is 1. The van der Waals surface area contributed by atoms with E-state index >= 15 is 0 Å². The van der Waals surface area contributed by atoms with Gasteiger partial charge in [0.15, 0.2) is 0 Å². The van der Waals surface area contributed by atoms with E-state index in [1.54, 1.807) is 0 Å². The SMILES string of the molecule is CCC(CC)N(C)c1ccc(C=O)cc1. The number of rotatable bonds is 5. The first-order valence-corrected chi connectivity index (χ1v) is 5.51. The van der Waals surface area contributed by atoms with Gasteiger partial charge in [0.2, 0.25) is 0 Å². The van der Waals surface area contributed by atoms with Crippen molar-refractivity contribution >= 4 is 12.0 Å². The highest BCUT2D eigenvalue weighted by Gasteiger charge is 2.10. The summed E-state index contributed by atoms with van der Waals surface area (Å²) in [5, 5.41) is 0. The van der Waals surface area contributed by atoms with Crippen molar-refractivity contribution in [3.63, 3.8) is 0 Å². The molecule has 0 saturated heterocycles. The molecule has 1 aromatic rings. The van der Waals surface area contributed by atoms with E-state index in [2.05, 4.69) is 25.8 Å². The van der Waals surface area contributed by atoms with Gasteiger partial charge in [0, 0.05) is 24.3 Å². The third kappa shape index (κ3) is 2.82. The number of aldehydes is 1. The van der Waals surface area contributed by atoms with Crippen molar-refractivity contribution in [2.24, 2.45) is 0 Å². The lowest BCUT2D eigenvalue weighted by Gasteiger charge is -2.28. The van der Waals surface area contributed by atoms with Crippen molar-refractivity contribution < 1.29 is 4.79 Å². The van der Waals surface area contributed by atoms with Gasteiger partial charge >= 0.3 is 0 Å². The van der Waals surface area contributed by atoms with Gasteiger partial charge in [-0.05, 0) is 37.1 Å². The molecule has 1 aromatic carbocycles. The number of anilines is 1. The molecule has 0 spiro atoms. The second-order valence-corrected chi connectivity index (χ2v) is 3.79. The Balaban J connectivity index is 2.81. The molecule has 0 saturated carbocycles. The Morgan fingerprint density at radius 1 is 1.20 bits per heavy atom. The Morgan fingerprint density at radius 2 is 1.73 bits per heavy atom. The maximum absolute atomic E-state index is 10.5. The van der Waals surface area contributed by atoms with Crippen molar-refractivity contribution in [2.45, 2.75) is 32.7 Å². The molecule has 0 heterocycles. The smallest absolute Gasteiger partial charge is 0.150 e. The quantitative estimate of drug-likeness (QED) is 0.688. The maximum Gasteiger partial charge on any atom is 0.150 e. The Hall–Kier alpha value is -1.31. The lowest BCUT2D eigenvalue weighted by molar-refractivity contribution is 0.112. The standard InChI is InChI=1S/C13H19NO/c1-4-12(5-2)14(3)13-8-6-11(10-15)7-9-13/h6-10,12H,4-5H2,1-3H3. The Morgan fingerprint density at radius 3 is 2.13 bits per heavy atom. The molecule has 0 unspecified atom stereocenters. The summed E-state index contributed by atoms with van der Waals surface area (Å²) in [7, 11) is 2.10. The molecular formula is C13H19NO. The van der Waals surface area contributed by atoms with E-state index in [0.29, 0.717) is 6.04 Å². The van der Waals surface area contributed by atoms with Gasteiger partial charge in [-0.2, -0.15) is 0 Å². The zero-order valence-electron chi connectivity index (χ0n) is 9.73. The number of hydrogen-bond acceptors (Lipinski definition) is 2. The van der Waals surface area contributed by atoms with Gasteiger partial charge in [-0.25, -0.2) is 0 Å². The Labute approximate surface area is 91.9 Å². The lowest BCUT2D eigenvalue weighted by atomic mass is 10.1. The highest BCUT2D eigenvalue weighted by atomic mass is 16.1. The van der Waals surface area contributed by atoms with E-state index in [0.717, 1.165) is 24.7 Å². The molecule has 0 aliphatic heterocycles. The van der Waals surface area contributed by atoms with Crippen molar-refractivity contribution in [2.75, 3.05) is 11.9 Å². The molecule has 0 bridgehead atoms. The third-order valence-corrected chi connectivity index (χ3v) is 2.93. The van der Waals surface area contributed by atoms with Crippen molar-refractivity contribution in [3.05, 3.63) is 29.8 Å². The van der Waals surface area contributed by atoms with Crippen LogP contribution in [0.25, 0.3) is 0 Å². The highest BCUT2D eigenvalue weighted by molar-refractivity contribution is 5.75. The normalized spacial score (nSPS) is 10.4. The molecule has 0 fully saturated rings. The summed E-state index contributed by atoms with van der Waals surface area (Å²) >= 11 is 0. The molecule has 82 valence electrons. The molecule has 2 heteroatoms. The zero-order valence-corrected chi connectivity index (χ0v) is 9.73. The average Bonchev–Trinajstić information content (AvgIpc) is 2.30. The molecule has 0 atom stereocenters. The average molecular weight is 205 g/mol. The van der Waals surface area contributed by atoms with E-state index in [1.807, 2.05) is 24.3 Å². The third-order valence-electron chi connectivity index (χ3n) is 2.93. The molecule has 0 amide bonds. The minimum absolute atomic E-state index is 0.576. The second kappa shape index (κ2) is 5.54. The first-order valence-electron chi connectivity index (χ1n) is 5.51. The molecule has 15 heavy (non-hydrogen) atoms. The number of benzene rings is 1. The molecule has 0 aliphatic rings. The maximum atomic E-state index is 10.5. The van der Waals surface area contributed by atoms with Crippen LogP contribution in [0.15, 0.2) is 24.3 Å². The fraction of sp³-hybridized carbons (Fsp3) is 0.462. The summed E-state index contributed by atoms with van der Waals surface area (Å²) < 4.78 is 0. The molecular weight excluding hydrogens is 186 g/mol. The topological polar surface area (TPSA) is 20.3 Å². The number of hydrogen-bond donors (Lipinski definition) is 0. The van der Waals surface area contributed by atoms with Crippen LogP contribution >= 0.6 is 0 Å². The van der Waals surface area contributed by atoms with E-state index in [4.69, 9.17) is 0 Å². The van der Waals surface area contributed by atoms with Gasteiger partial charge in [-0.3, -0.25) is 4.79 Å². The van der Waals surface area contributed by atoms with Crippen molar-refractivity contribution in [1.29, 1.82) is 0 Å². The minimum atomic E-state index is 0.576. The fourth-order valence-corrected chi connectivity index (χ4v) is 1.84. The molecule has 0 aromatic heterocycles. The monoisotopic (exact) mass is 205 g/mol. The van der Waals surface area contributed by atoms with Crippen LogP contribution < -0.4 is 4.90 Å². The Bertz CT molecular complexity index is 301. The summed E-state index contributed by atoms with van der Waals surface area (Å²) in [4.78, 5) is 12.8. The Kier molecular flexibility index (Phi) is 4.35. The van der Waals surface area contributed by atoms with E-state index < -0.39 is 0 Å². The summed E-state index contributed by atoms with van der Waals surface area (Å²) in [5.74, 6) is 0. The predicted molar refractivity (Wildman–Crippen MR) is 64.6 cm³/mol.